The number of H-pyrrole nitrogens is 1. The first kappa shape index (κ1) is 5.16. The van der Waals surface area contributed by atoms with E-state index in [-0.39, 0.29) is 0 Å². The largest absolute Gasteiger partial charge is 0.335 e. The quantitative estimate of drug-likeness (QED) is 0.581. The molecule has 0 spiro atoms. The van der Waals surface area contributed by atoms with Crippen LogP contribution in [-0.4, -0.2) is 10.2 Å². The molecule has 0 fully saturated rings. The van der Waals surface area contributed by atoms with Gasteiger partial charge in [-0.1, -0.05) is 0 Å². The topological polar surface area (TPSA) is 62.6 Å². The molecule has 0 saturated heterocycles. The van der Waals surface area contributed by atoms with Crippen molar-refractivity contribution in [3.63, 3.8) is 0 Å². The van der Waals surface area contributed by atoms with Gasteiger partial charge in [0.25, 0.3) is 0 Å². The van der Waals surface area contributed by atoms with E-state index >= 15 is 0 Å². The van der Waals surface area contributed by atoms with E-state index in [2.05, 4.69) is 20.6 Å². The van der Waals surface area contributed by atoms with E-state index in [1.165, 1.54) is 6.20 Å². The Morgan fingerprint density at radius 1 is 1.50 bits per heavy atom. The third-order valence-electron chi connectivity index (χ3n) is 1.13. The van der Waals surface area contributed by atoms with Crippen molar-refractivity contribution in [1.29, 1.82) is 0 Å². The number of fused-ring (bicyclic) bond motifs is 1. The van der Waals surface area contributed by atoms with Gasteiger partial charge in [-0.15, -0.1) is 5.11 Å². The highest BCUT2D eigenvalue weighted by Gasteiger charge is 2.03. The Labute approximate surface area is 56.4 Å². The average molecular weight is 136 g/mol. The minimum atomic E-state index is 0.595. The third-order valence-corrected chi connectivity index (χ3v) is 1.13. The molecule has 0 unspecified atom stereocenters. The van der Waals surface area contributed by atoms with E-state index in [0.29, 0.717) is 5.75 Å². The molecule has 2 heterocycles. The standard InChI is InChI=1S/C5H4N4O/c1-2-6-9-10-5-3-7-8-4(1)5/h1-3H,(H,7,8). The van der Waals surface area contributed by atoms with Crippen LogP contribution in [0.3, 0.4) is 0 Å². The lowest BCUT2D eigenvalue weighted by Crippen LogP contribution is -1.78. The normalized spacial score (nSPS) is 14.0. The molecule has 1 N–H and O–H groups in total. The molecule has 0 aromatic carbocycles. The molecule has 0 saturated carbocycles. The lowest BCUT2D eigenvalue weighted by Gasteiger charge is -1.87. The highest BCUT2D eigenvalue weighted by Crippen LogP contribution is 2.18. The van der Waals surface area contributed by atoms with E-state index in [1.54, 1.807) is 12.3 Å². The van der Waals surface area contributed by atoms with Gasteiger partial charge in [0.1, 0.15) is 5.69 Å². The number of aromatic amines is 1. The zero-order valence-electron chi connectivity index (χ0n) is 4.98. The minimum absolute atomic E-state index is 0.595. The van der Waals surface area contributed by atoms with Crippen molar-refractivity contribution in [1.82, 2.24) is 10.2 Å². The van der Waals surface area contributed by atoms with Gasteiger partial charge in [0.05, 0.1) is 12.4 Å². The van der Waals surface area contributed by atoms with Crippen LogP contribution in [0.25, 0.3) is 6.08 Å². The van der Waals surface area contributed by atoms with Crippen LogP contribution < -0.4 is 4.84 Å². The first-order valence-corrected chi connectivity index (χ1v) is 2.74. The van der Waals surface area contributed by atoms with Crippen molar-refractivity contribution in [3.05, 3.63) is 18.1 Å². The summed E-state index contributed by atoms with van der Waals surface area (Å²) in [4.78, 5) is 4.79. The van der Waals surface area contributed by atoms with Crippen LogP contribution in [0.2, 0.25) is 0 Å². The lowest BCUT2D eigenvalue weighted by atomic mass is 10.4. The molecule has 1 aromatic heterocycles. The lowest BCUT2D eigenvalue weighted by molar-refractivity contribution is 0.313. The Kier molecular flexibility index (Phi) is 1.00. The van der Waals surface area contributed by atoms with Gasteiger partial charge < -0.3 is 4.84 Å². The average Bonchev–Trinajstić information content (AvgIpc) is 2.28. The molecule has 0 bridgehead atoms. The van der Waals surface area contributed by atoms with Crippen LogP contribution in [0, 0.1) is 0 Å². The fourth-order valence-electron chi connectivity index (χ4n) is 0.680. The fraction of sp³-hybridized carbons (Fsp3) is 0. The van der Waals surface area contributed by atoms with Crippen LogP contribution in [0.5, 0.6) is 5.75 Å². The minimum Gasteiger partial charge on any atom is -0.335 e. The monoisotopic (exact) mass is 136 g/mol. The van der Waals surface area contributed by atoms with Crippen molar-refractivity contribution >= 4 is 6.08 Å². The summed E-state index contributed by atoms with van der Waals surface area (Å²) in [5.74, 6) is 0.595. The number of nitrogens with zero attached hydrogens (tertiary/aromatic N) is 3. The molecule has 0 radical (unpaired) electrons. The Balaban J connectivity index is 2.50. The number of rotatable bonds is 0. The smallest absolute Gasteiger partial charge is 0.204 e. The van der Waals surface area contributed by atoms with Gasteiger partial charge in [-0.05, 0) is 6.08 Å². The third kappa shape index (κ3) is 0.680. The van der Waals surface area contributed by atoms with E-state index in [9.17, 15) is 0 Å². The second-order valence-corrected chi connectivity index (χ2v) is 1.75. The zero-order chi connectivity index (χ0) is 6.81. The van der Waals surface area contributed by atoms with Gasteiger partial charge in [-0.3, -0.25) is 5.10 Å². The number of nitrogens with one attached hydrogen (secondary N) is 1. The summed E-state index contributed by atoms with van der Waals surface area (Å²) in [6.45, 7) is 0. The van der Waals surface area contributed by atoms with Gasteiger partial charge in [-0.25, -0.2) is 0 Å². The summed E-state index contributed by atoms with van der Waals surface area (Å²) in [7, 11) is 0. The number of aromatic nitrogens is 2. The van der Waals surface area contributed by atoms with Gasteiger partial charge in [0, 0.05) is 5.28 Å². The predicted molar refractivity (Wildman–Crippen MR) is 33.1 cm³/mol. The van der Waals surface area contributed by atoms with Crippen molar-refractivity contribution in [2.24, 2.45) is 10.4 Å². The summed E-state index contributed by atoms with van der Waals surface area (Å²) in [5, 5.41) is 13.4. The molecule has 0 amide bonds. The first-order chi connectivity index (χ1) is 4.97. The highest BCUT2D eigenvalue weighted by molar-refractivity contribution is 5.51. The van der Waals surface area contributed by atoms with E-state index < -0.39 is 0 Å². The SMILES string of the molecule is C1=Cc2[nH]ncc2ON=N1. The van der Waals surface area contributed by atoms with Gasteiger partial charge in [0.15, 0.2) is 0 Å². The second kappa shape index (κ2) is 1.94. The molecular formula is C5H4N4O. The van der Waals surface area contributed by atoms with Crippen molar-refractivity contribution < 1.29 is 4.84 Å². The van der Waals surface area contributed by atoms with Gasteiger partial charge in [0.2, 0.25) is 5.75 Å². The zero-order valence-corrected chi connectivity index (χ0v) is 4.98. The molecule has 5 heteroatoms. The maximum absolute atomic E-state index is 4.79. The van der Waals surface area contributed by atoms with Gasteiger partial charge >= 0.3 is 0 Å². The second-order valence-electron chi connectivity index (χ2n) is 1.75. The fourth-order valence-corrected chi connectivity index (χ4v) is 0.680. The molecule has 2 rings (SSSR count). The van der Waals surface area contributed by atoms with Crippen LogP contribution >= 0.6 is 0 Å². The summed E-state index contributed by atoms with van der Waals surface area (Å²) >= 11 is 0. The van der Waals surface area contributed by atoms with Crippen LogP contribution in [0.4, 0.5) is 0 Å². The van der Waals surface area contributed by atoms with Crippen molar-refractivity contribution in [2.75, 3.05) is 0 Å². The first-order valence-electron chi connectivity index (χ1n) is 2.74. The molecule has 10 heavy (non-hydrogen) atoms. The van der Waals surface area contributed by atoms with Crippen LogP contribution in [0.15, 0.2) is 22.8 Å². The molecule has 1 aliphatic heterocycles. The van der Waals surface area contributed by atoms with E-state index in [0.717, 1.165) is 5.69 Å². The number of hydrogen-bond acceptors (Lipinski definition) is 4. The molecule has 0 aliphatic carbocycles. The summed E-state index contributed by atoms with van der Waals surface area (Å²) in [6, 6.07) is 0. The summed E-state index contributed by atoms with van der Waals surface area (Å²) in [5.41, 5.74) is 0.782. The van der Waals surface area contributed by atoms with Crippen LogP contribution in [0.1, 0.15) is 5.69 Å². The summed E-state index contributed by atoms with van der Waals surface area (Å²) < 4.78 is 0. The van der Waals surface area contributed by atoms with Crippen molar-refractivity contribution in [2.45, 2.75) is 0 Å². The molecule has 1 aliphatic rings. The Morgan fingerprint density at radius 3 is 3.50 bits per heavy atom. The Hall–Kier alpha value is -1.65. The van der Waals surface area contributed by atoms with E-state index in [1.807, 2.05) is 0 Å². The van der Waals surface area contributed by atoms with E-state index in [4.69, 9.17) is 4.84 Å². The van der Waals surface area contributed by atoms with Crippen molar-refractivity contribution in [3.8, 4) is 5.75 Å². The maximum Gasteiger partial charge on any atom is 0.204 e. The molecule has 1 aromatic rings. The predicted octanol–water partition coefficient (Wildman–Crippen LogP) is 1.14. The summed E-state index contributed by atoms with van der Waals surface area (Å²) in [6.07, 6.45) is 4.81. The molecular weight excluding hydrogens is 132 g/mol. The Morgan fingerprint density at radius 2 is 2.50 bits per heavy atom. The van der Waals surface area contributed by atoms with Crippen LogP contribution in [-0.2, 0) is 0 Å². The molecule has 50 valence electrons. The van der Waals surface area contributed by atoms with Gasteiger partial charge in [-0.2, -0.15) is 5.10 Å². The Bertz CT molecular complexity index is 288. The number of hydrogen-bond donors (Lipinski definition) is 1. The molecule has 0 atom stereocenters. The molecule has 5 nitrogen and oxygen atoms in total. The maximum atomic E-state index is 4.79. The highest BCUT2D eigenvalue weighted by atomic mass is 16.6.